The Bertz CT molecular complexity index is 362. The maximum atomic E-state index is 5.41. The maximum absolute atomic E-state index is 5.41. The minimum Gasteiger partial charge on any atom is -0.478 e. The second-order valence-electron chi connectivity index (χ2n) is 4.64. The van der Waals surface area contributed by atoms with Crippen LogP contribution in [0.4, 0.5) is 5.95 Å². The van der Waals surface area contributed by atoms with Crippen molar-refractivity contribution in [1.82, 2.24) is 9.97 Å². The van der Waals surface area contributed by atoms with Crippen molar-refractivity contribution < 1.29 is 4.74 Å². The predicted octanol–water partition coefficient (Wildman–Crippen LogP) is 2.79. The third-order valence-electron chi connectivity index (χ3n) is 3.15. The molecule has 0 aromatic carbocycles. The molecule has 1 N–H and O–H groups in total. The number of nitrogens with zero attached hydrogens (tertiary/aromatic N) is 2. The van der Waals surface area contributed by atoms with Crippen LogP contribution in [-0.4, -0.2) is 23.1 Å². The molecule has 0 amide bonds. The largest absolute Gasteiger partial charge is 0.478 e. The van der Waals surface area contributed by atoms with Gasteiger partial charge < -0.3 is 10.1 Å². The number of hydrogen-bond acceptors (Lipinski definition) is 4. The summed E-state index contributed by atoms with van der Waals surface area (Å²) in [5, 5.41) is 3.32. The van der Waals surface area contributed by atoms with Gasteiger partial charge in [0.05, 0.1) is 6.61 Å². The van der Waals surface area contributed by atoms with E-state index in [1.54, 1.807) is 0 Å². The lowest BCUT2D eigenvalue weighted by Crippen LogP contribution is -2.13. The van der Waals surface area contributed by atoms with Gasteiger partial charge >= 0.3 is 0 Å². The fourth-order valence-corrected chi connectivity index (χ4v) is 2.29. The highest BCUT2D eigenvalue weighted by molar-refractivity contribution is 5.30. The monoisotopic (exact) mass is 235 g/mol. The van der Waals surface area contributed by atoms with Crippen LogP contribution in [0.3, 0.4) is 0 Å². The SMILES string of the molecule is CCOc1cc(C)nc(NCC2CCCC2)n1. The standard InChI is InChI=1S/C13H21N3O/c1-3-17-12-8-10(2)15-13(16-12)14-9-11-6-4-5-7-11/h8,11H,3-7,9H2,1-2H3,(H,14,15,16). The Labute approximate surface area is 103 Å². The first-order valence-corrected chi connectivity index (χ1v) is 6.50. The summed E-state index contributed by atoms with van der Waals surface area (Å²) in [5.74, 6) is 2.14. The van der Waals surface area contributed by atoms with Gasteiger partial charge in [-0.1, -0.05) is 12.8 Å². The Balaban J connectivity index is 1.94. The van der Waals surface area contributed by atoms with Crippen molar-refractivity contribution in [2.75, 3.05) is 18.5 Å². The number of aryl methyl sites for hydroxylation is 1. The van der Waals surface area contributed by atoms with E-state index in [2.05, 4.69) is 15.3 Å². The molecule has 0 atom stereocenters. The van der Waals surface area contributed by atoms with Crippen LogP contribution in [0, 0.1) is 12.8 Å². The van der Waals surface area contributed by atoms with E-state index in [-0.39, 0.29) is 0 Å². The average Bonchev–Trinajstić information content (AvgIpc) is 2.79. The molecule has 2 rings (SSSR count). The van der Waals surface area contributed by atoms with Gasteiger partial charge in [0, 0.05) is 18.3 Å². The number of rotatable bonds is 5. The Morgan fingerprint density at radius 2 is 2.12 bits per heavy atom. The van der Waals surface area contributed by atoms with Crippen molar-refractivity contribution in [3.8, 4) is 5.88 Å². The molecule has 0 radical (unpaired) electrons. The highest BCUT2D eigenvalue weighted by atomic mass is 16.5. The Hall–Kier alpha value is -1.32. The van der Waals surface area contributed by atoms with Crippen LogP contribution >= 0.6 is 0 Å². The third-order valence-corrected chi connectivity index (χ3v) is 3.15. The van der Waals surface area contributed by atoms with Crippen molar-refractivity contribution in [1.29, 1.82) is 0 Å². The molecule has 4 nitrogen and oxygen atoms in total. The van der Waals surface area contributed by atoms with E-state index in [9.17, 15) is 0 Å². The summed E-state index contributed by atoms with van der Waals surface area (Å²) in [7, 11) is 0. The smallest absolute Gasteiger partial charge is 0.226 e. The zero-order valence-electron chi connectivity index (χ0n) is 10.7. The summed E-state index contributed by atoms with van der Waals surface area (Å²) in [5.41, 5.74) is 0.942. The first kappa shape index (κ1) is 12.1. The van der Waals surface area contributed by atoms with Crippen LogP contribution in [0.1, 0.15) is 38.3 Å². The molecule has 0 aliphatic heterocycles. The van der Waals surface area contributed by atoms with Crippen molar-refractivity contribution in [3.05, 3.63) is 11.8 Å². The summed E-state index contributed by atoms with van der Waals surface area (Å²) < 4.78 is 5.41. The van der Waals surface area contributed by atoms with Crippen molar-refractivity contribution in [2.45, 2.75) is 39.5 Å². The van der Waals surface area contributed by atoms with E-state index < -0.39 is 0 Å². The lowest BCUT2D eigenvalue weighted by molar-refractivity contribution is 0.326. The van der Waals surface area contributed by atoms with E-state index in [4.69, 9.17) is 4.74 Å². The summed E-state index contributed by atoms with van der Waals surface area (Å²) in [6, 6.07) is 1.87. The van der Waals surface area contributed by atoms with Gasteiger partial charge in [-0.05, 0) is 32.6 Å². The van der Waals surface area contributed by atoms with E-state index >= 15 is 0 Å². The second-order valence-corrected chi connectivity index (χ2v) is 4.64. The molecule has 94 valence electrons. The molecule has 1 fully saturated rings. The topological polar surface area (TPSA) is 47.0 Å². The normalized spacial score (nSPS) is 16.1. The lowest BCUT2D eigenvalue weighted by atomic mass is 10.1. The summed E-state index contributed by atoms with van der Waals surface area (Å²) >= 11 is 0. The van der Waals surface area contributed by atoms with E-state index in [0.29, 0.717) is 18.4 Å². The Morgan fingerprint density at radius 1 is 1.35 bits per heavy atom. The van der Waals surface area contributed by atoms with Gasteiger partial charge in [0.2, 0.25) is 11.8 Å². The van der Waals surface area contributed by atoms with E-state index in [1.807, 2.05) is 19.9 Å². The van der Waals surface area contributed by atoms with Crippen LogP contribution in [0.15, 0.2) is 6.07 Å². The number of hydrogen-bond donors (Lipinski definition) is 1. The van der Waals surface area contributed by atoms with Gasteiger partial charge in [0.1, 0.15) is 0 Å². The zero-order chi connectivity index (χ0) is 12.1. The highest BCUT2D eigenvalue weighted by Crippen LogP contribution is 2.24. The van der Waals surface area contributed by atoms with Crippen LogP contribution in [0.25, 0.3) is 0 Å². The summed E-state index contributed by atoms with van der Waals surface area (Å²) in [6.45, 7) is 5.54. The van der Waals surface area contributed by atoms with Crippen LogP contribution in [0.5, 0.6) is 5.88 Å². The van der Waals surface area contributed by atoms with Gasteiger partial charge in [-0.2, -0.15) is 4.98 Å². The fourth-order valence-electron chi connectivity index (χ4n) is 2.29. The Kier molecular flexibility index (Phi) is 4.18. The minimum atomic E-state index is 0.637. The minimum absolute atomic E-state index is 0.637. The number of nitrogens with one attached hydrogen (secondary N) is 1. The molecule has 1 heterocycles. The van der Waals surface area contributed by atoms with Crippen LogP contribution < -0.4 is 10.1 Å². The molecule has 1 aromatic rings. The second kappa shape index (κ2) is 5.84. The molecule has 0 spiro atoms. The summed E-state index contributed by atoms with van der Waals surface area (Å²) in [6.07, 6.45) is 5.39. The Morgan fingerprint density at radius 3 is 2.82 bits per heavy atom. The van der Waals surface area contributed by atoms with Gasteiger partial charge in [0.25, 0.3) is 0 Å². The van der Waals surface area contributed by atoms with Gasteiger partial charge in [0.15, 0.2) is 0 Å². The maximum Gasteiger partial charge on any atom is 0.226 e. The van der Waals surface area contributed by atoms with E-state index in [0.717, 1.165) is 18.2 Å². The molecule has 1 saturated carbocycles. The third kappa shape index (κ3) is 3.58. The molecule has 0 unspecified atom stereocenters. The number of ether oxygens (including phenoxy) is 1. The average molecular weight is 235 g/mol. The number of anilines is 1. The molecule has 1 aliphatic rings. The molecule has 1 aromatic heterocycles. The fraction of sp³-hybridized carbons (Fsp3) is 0.692. The first-order chi connectivity index (χ1) is 8.28. The molecule has 4 heteroatoms. The van der Waals surface area contributed by atoms with Crippen molar-refractivity contribution in [2.24, 2.45) is 5.92 Å². The van der Waals surface area contributed by atoms with Crippen molar-refractivity contribution in [3.63, 3.8) is 0 Å². The molecular weight excluding hydrogens is 214 g/mol. The molecule has 0 saturated heterocycles. The first-order valence-electron chi connectivity index (χ1n) is 6.50. The molecule has 17 heavy (non-hydrogen) atoms. The van der Waals surface area contributed by atoms with Crippen molar-refractivity contribution >= 4 is 5.95 Å². The zero-order valence-corrected chi connectivity index (χ0v) is 10.7. The molecular formula is C13H21N3O. The highest BCUT2D eigenvalue weighted by Gasteiger charge is 2.15. The quantitative estimate of drug-likeness (QED) is 0.852. The van der Waals surface area contributed by atoms with Crippen LogP contribution in [0.2, 0.25) is 0 Å². The van der Waals surface area contributed by atoms with Crippen LogP contribution in [-0.2, 0) is 0 Å². The predicted molar refractivity (Wildman–Crippen MR) is 68.4 cm³/mol. The van der Waals surface area contributed by atoms with Gasteiger partial charge in [-0.3, -0.25) is 0 Å². The lowest BCUT2D eigenvalue weighted by Gasteiger charge is -2.11. The van der Waals surface area contributed by atoms with E-state index in [1.165, 1.54) is 25.7 Å². The molecule has 0 bridgehead atoms. The van der Waals surface area contributed by atoms with Gasteiger partial charge in [-0.25, -0.2) is 4.98 Å². The van der Waals surface area contributed by atoms with Gasteiger partial charge in [-0.15, -0.1) is 0 Å². The number of aromatic nitrogens is 2. The molecule has 1 aliphatic carbocycles. The summed E-state index contributed by atoms with van der Waals surface area (Å²) in [4.78, 5) is 8.71.